The SMILES string of the molecule is Cc1cccc(C(C)C)c1NC(=O)C1CCCN1S(C)(=O)=O. The Balaban J connectivity index is 2.26. The van der Waals surface area contributed by atoms with Crippen molar-refractivity contribution in [2.45, 2.75) is 45.6 Å². The summed E-state index contributed by atoms with van der Waals surface area (Å²) in [6.45, 7) is 6.51. The highest BCUT2D eigenvalue weighted by Gasteiger charge is 2.36. The smallest absolute Gasteiger partial charge is 0.242 e. The second-order valence-electron chi connectivity index (χ2n) is 6.21. The van der Waals surface area contributed by atoms with Gasteiger partial charge in [-0.05, 0) is 36.8 Å². The fourth-order valence-corrected chi connectivity index (χ4v) is 4.07. The number of amides is 1. The zero-order valence-corrected chi connectivity index (χ0v) is 14.4. The van der Waals surface area contributed by atoms with Crippen LogP contribution in [0.5, 0.6) is 0 Å². The molecule has 1 fully saturated rings. The van der Waals surface area contributed by atoms with E-state index in [4.69, 9.17) is 0 Å². The van der Waals surface area contributed by atoms with Crippen molar-refractivity contribution in [3.8, 4) is 0 Å². The Kier molecular flexibility index (Phi) is 4.92. The van der Waals surface area contributed by atoms with E-state index in [0.29, 0.717) is 13.0 Å². The van der Waals surface area contributed by atoms with Crippen LogP contribution in [0.4, 0.5) is 5.69 Å². The van der Waals surface area contributed by atoms with Gasteiger partial charge in [0.25, 0.3) is 0 Å². The summed E-state index contributed by atoms with van der Waals surface area (Å²) in [6.07, 6.45) is 2.45. The summed E-state index contributed by atoms with van der Waals surface area (Å²) < 4.78 is 24.9. The molecule has 1 aliphatic rings. The molecule has 0 aromatic heterocycles. The van der Waals surface area contributed by atoms with E-state index >= 15 is 0 Å². The molecule has 5 nitrogen and oxygen atoms in total. The third-order valence-electron chi connectivity index (χ3n) is 4.11. The molecule has 0 aliphatic carbocycles. The molecule has 2 rings (SSSR count). The first-order chi connectivity index (χ1) is 10.2. The molecule has 0 spiro atoms. The summed E-state index contributed by atoms with van der Waals surface area (Å²) >= 11 is 0. The van der Waals surface area contributed by atoms with Crippen molar-refractivity contribution in [3.63, 3.8) is 0 Å². The van der Waals surface area contributed by atoms with Gasteiger partial charge < -0.3 is 5.32 Å². The monoisotopic (exact) mass is 324 g/mol. The molecule has 6 heteroatoms. The first-order valence-corrected chi connectivity index (χ1v) is 9.44. The lowest BCUT2D eigenvalue weighted by atomic mass is 9.98. The Bertz CT molecular complexity index is 668. The lowest BCUT2D eigenvalue weighted by molar-refractivity contribution is -0.119. The molecule has 1 aromatic rings. The van der Waals surface area contributed by atoms with Crippen LogP contribution in [-0.2, 0) is 14.8 Å². The fourth-order valence-electron chi connectivity index (χ4n) is 2.95. The number of carbonyl (C=O) groups is 1. The van der Waals surface area contributed by atoms with Gasteiger partial charge in [-0.2, -0.15) is 4.31 Å². The van der Waals surface area contributed by atoms with E-state index in [1.54, 1.807) is 0 Å². The number of nitrogens with one attached hydrogen (secondary N) is 1. The lowest BCUT2D eigenvalue weighted by Gasteiger charge is -2.23. The molecule has 1 atom stereocenters. The van der Waals surface area contributed by atoms with Crippen molar-refractivity contribution in [3.05, 3.63) is 29.3 Å². The van der Waals surface area contributed by atoms with Crippen molar-refractivity contribution in [1.29, 1.82) is 0 Å². The minimum Gasteiger partial charge on any atom is -0.324 e. The van der Waals surface area contributed by atoms with Gasteiger partial charge in [0.05, 0.1) is 6.26 Å². The molecule has 0 radical (unpaired) electrons. The Morgan fingerprint density at radius 3 is 2.64 bits per heavy atom. The molecule has 1 saturated heterocycles. The summed E-state index contributed by atoms with van der Waals surface area (Å²) in [5, 5.41) is 2.96. The third-order valence-corrected chi connectivity index (χ3v) is 5.40. The highest BCUT2D eigenvalue weighted by Crippen LogP contribution is 2.29. The minimum absolute atomic E-state index is 0.237. The Labute approximate surface area is 132 Å². The molecular weight excluding hydrogens is 300 g/mol. The van der Waals surface area contributed by atoms with Gasteiger partial charge in [-0.25, -0.2) is 8.42 Å². The maximum absolute atomic E-state index is 12.6. The maximum Gasteiger partial charge on any atom is 0.242 e. The number of carbonyl (C=O) groups excluding carboxylic acids is 1. The number of hydrogen-bond acceptors (Lipinski definition) is 3. The summed E-state index contributed by atoms with van der Waals surface area (Å²) in [4.78, 5) is 12.6. The van der Waals surface area contributed by atoms with E-state index in [1.165, 1.54) is 4.31 Å². The topological polar surface area (TPSA) is 66.5 Å². The Hall–Kier alpha value is -1.40. The van der Waals surface area contributed by atoms with Crippen LogP contribution in [0, 0.1) is 6.92 Å². The normalized spacial score (nSPS) is 19.6. The zero-order valence-electron chi connectivity index (χ0n) is 13.6. The van der Waals surface area contributed by atoms with Gasteiger partial charge in [0.15, 0.2) is 0 Å². The van der Waals surface area contributed by atoms with Crippen LogP contribution in [0.1, 0.15) is 43.7 Å². The van der Waals surface area contributed by atoms with E-state index in [2.05, 4.69) is 19.2 Å². The molecule has 1 heterocycles. The molecule has 1 aromatic carbocycles. The van der Waals surface area contributed by atoms with Crippen LogP contribution < -0.4 is 5.32 Å². The quantitative estimate of drug-likeness (QED) is 0.925. The standard InChI is InChI=1S/C16H24N2O3S/c1-11(2)13-8-5-7-12(3)15(13)17-16(19)14-9-6-10-18(14)22(4,20)21/h5,7-8,11,14H,6,9-10H2,1-4H3,(H,17,19). The van der Waals surface area contributed by atoms with E-state index < -0.39 is 16.1 Å². The molecule has 0 saturated carbocycles. The van der Waals surface area contributed by atoms with Crippen LogP contribution in [0.25, 0.3) is 0 Å². The van der Waals surface area contributed by atoms with Gasteiger partial charge >= 0.3 is 0 Å². The predicted molar refractivity (Wildman–Crippen MR) is 88.5 cm³/mol. The number of sulfonamides is 1. The van der Waals surface area contributed by atoms with Crippen molar-refractivity contribution in [1.82, 2.24) is 4.31 Å². The zero-order chi connectivity index (χ0) is 16.5. The van der Waals surface area contributed by atoms with E-state index in [9.17, 15) is 13.2 Å². The van der Waals surface area contributed by atoms with Crippen molar-refractivity contribution in [2.24, 2.45) is 0 Å². The fraction of sp³-hybridized carbons (Fsp3) is 0.562. The van der Waals surface area contributed by atoms with E-state index in [1.807, 2.05) is 25.1 Å². The molecule has 22 heavy (non-hydrogen) atoms. The number of benzene rings is 1. The number of nitrogens with zero attached hydrogens (tertiary/aromatic N) is 1. The second kappa shape index (κ2) is 6.38. The summed E-state index contributed by atoms with van der Waals surface area (Å²) in [5.41, 5.74) is 2.86. The van der Waals surface area contributed by atoms with Gasteiger partial charge in [0, 0.05) is 12.2 Å². The average molecular weight is 324 g/mol. The minimum atomic E-state index is -3.35. The first-order valence-electron chi connectivity index (χ1n) is 7.59. The van der Waals surface area contributed by atoms with Crippen molar-refractivity contribution >= 4 is 21.6 Å². The molecule has 1 amide bonds. The number of rotatable bonds is 4. The van der Waals surface area contributed by atoms with Crippen LogP contribution >= 0.6 is 0 Å². The average Bonchev–Trinajstić information content (AvgIpc) is 2.90. The molecule has 0 bridgehead atoms. The van der Waals surface area contributed by atoms with Crippen molar-refractivity contribution < 1.29 is 13.2 Å². The summed E-state index contributed by atoms with van der Waals surface area (Å²) in [6, 6.07) is 5.31. The van der Waals surface area contributed by atoms with Gasteiger partial charge in [-0.15, -0.1) is 0 Å². The molecular formula is C16H24N2O3S. The Morgan fingerprint density at radius 2 is 2.05 bits per heavy atom. The highest BCUT2D eigenvalue weighted by molar-refractivity contribution is 7.88. The second-order valence-corrected chi connectivity index (χ2v) is 8.15. The van der Waals surface area contributed by atoms with Crippen molar-refractivity contribution in [2.75, 3.05) is 18.1 Å². The Morgan fingerprint density at radius 1 is 1.36 bits per heavy atom. The van der Waals surface area contributed by atoms with Gasteiger partial charge in [-0.1, -0.05) is 32.0 Å². The van der Waals surface area contributed by atoms with Gasteiger partial charge in [0.2, 0.25) is 15.9 Å². The third kappa shape index (κ3) is 3.50. The number of hydrogen-bond donors (Lipinski definition) is 1. The van der Waals surface area contributed by atoms with Crippen LogP contribution in [-0.4, -0.2) is 37.5 Å². The first kappa shape index (κ1) is 17.0. The summed E-state index contributed by atoms with van der Waals surface area (Å²) in [5.74, 6) is 0.0453. The van der Waals surface area contributed by atoms with E-state index in [-0.39, 0.29) is 11.8 Å². The molecule has 122 valence electrons. The van der Waals surface area contributed by atoms with Gasteiger partial charge in [0.1, 0.15) is 6.04 Å². The molecule has 1 unspecified atom stereocenters. The van der Waals surface area contributed by atoms with Crippen LogP contribution in [0.2, 0.25) is 0 Å². The highest BCUT2D eigenvalue weighted by atomic mass is 32.2. The molecule has 1 aliphatic heterocycles. The molecule has 1 N–H and O–H groups in total. The maximum atomic E-state index is 12.6. The largest absolute Gasteiger partial charge is 0.324 e. The van der Waals surface area contributed by atoms with Crippen LogP contribution in [0.3, 0.4) is 0 Å². The number of anilines is 1. The number of para-hydroxylation sites is 1. The van der Waals surface area contributed by atoms with Crippen LogP contribution in [0.15, 0.2) is 18.2 Å². The predicted octanol–water partition coefficient (Wildman–Crippen LogP) is 2.48. The summed E-state index contributed by atoms with van der Waals surface area (Å²) in [7, 11) is -3.35. The number of aryl methyl sites for hydroxylation is 1. The van der Waals surface area contributed by atoms with E-state index in [0.717, 1.165) is 29.5 Å². The lowest BCUT2D eigenvalue weighted by Crippen LogP contribution is -2.42. The van der Waals surface area contributed by atoms with Gasteiger partial charge in [-0.3, -0.25) is 4.79 Å².